The Bertz CT molecular complexity index is 731. The van der Waals surface area contributed by atoms with Crippen molar-refractivity contribution >= 4 is 22.6 Å². The van der Waals surface area contributed by atoms with Gasteiger partial charge < -0.3 is 4.57 Å². The van der Waals surface area contributed by atoms with E-state index < -0.39 is 0 Å². The van der Waals surface area contributed by atoms with Crippen molar-refractivity contribution in [1.29, 1.82) is 0 Å². The topological polar surface area (TPSA) is 17.8 Å². The number of halogens is 1. The molecule has 2 nitrogen and oxygen atoms in total. The predicted octanol–water partition coefficient (Wildman–Crippen LogP) is 5.33. The normalized spacial score (nSPS) is 12.8. The molecule has 0 fully saturated rings. The van der Waals surface area contributed by atoms with Crippen LogP contribution in [0.4, 0.5) is 0 Å². The highest BCUT2D eigenvalue weighted by Crippen LogP contribution is 2.30. The SMILES string of the molecule is CCC(C)n1c(-c2ccccc2)nc2cc(Cl)ccc21. The highest BCUT2D eigenvalue weighted by Gasteiger charge is 2.16. The molecule has 102 valence electrons. The van der Waals surface area contributed by atoms with Gasteiger partial charge in [0.05, 0.1) is 11.0 Å². The molecule has 0 saturated heterocycles. The standard InChI is InChI=1S/C17H17ClN2/c1-3-12(2)20-16-10-9-14(18)11-15(16)19-17(20)13-7-5-4-6-8-13/h4-12H,3H2,1-2H3. The monoisotopic (exact) mass is 284 g/mol. The van der Waals surface area contributed by atoms with Gasteiger partial charge in [0, 0.05) is 16.6 Å². The van der Waals surface area contributed by atoms with E-state index in [1.165, 1.54) is 0 Å². The number of imidazole rings is 1. The van der Waals surface area contributed by atoms with Gasteiger partial charge in [-0.05, 0) is 31.5 Å². The van der Waals surface area contributed by atoms with Gasteiger partial charge in [-0.25, -0.2) is 4.98 Å². The van der Waals surface area contributed by atoms with Gasteiger partial charge in [0.15, 0.2) is 0 Å². The molecule has 0 N–H and O–H groups in total. The summed E-state index contributed by atoms with van der Waals surface area (Å²) in [7, 11) is 0. The van der Waals surface area contributed by atoms with Crippen molar-refractivity contribution in [2.24, 2.45) is 0 Å². The molecule has 2 aromatic carbocycles. The Hall–Kier alpha value is -1.80. The second-order valence-corrected chi connectivity index (χ2v) is 5.50. The first-order valence-corrected chi connectivity index (χ1v) is 7.31. The second kappa shape index (κ2) is 5.29. The van der Waals surface area contributed by atoms with Crippen LogP contribution in [0.3, 0.4) is 0 Å². The summed E-state index contributed by atoms with van der Waals surface area (Å²) in [5.74, 6) is 1.01. The van der Waals surface area contributed by atoms with Crippen molar-refractivity contribution in [3.05, 3.63) is 53.6 Å². The van der Waals surface area contributed by atoms with Crippen molar-refractivity contribution in [3.8, 4) is 11.4 Å². The fourth-order valence-corrected chi connectivity index (χ4v) is 2.66. The average Bonchev–Trinajstić information content (AvgIpc) is 2.85. The number of aromatic nitrogens is 2. The summed E-state index contributed by atoms with van der Waals surface area (Å²) < 4.78 is 2.31. The number of fused-ring (bicyclic) bond motifs is 1. The van der Waals surface area contributed by atoms with Crippen LogP contribution in [0.1, 0.15) is 26.3 Å². The van der Waals surface area contributed by atoms with E-state index in [9.17, 15) is 0 Å². The van der Waals surface area contributed by atoms with Crippen LogP contribution >= 0.6 is 11.6 Å². The Balaban J connectivity index is 2.30. The lowest BCUT2D eigenvalue weighted by Gasteiger charge is -2.16. The molecule has 20 heavy (non-hydrogen) atoms. The first-order chi connectivity index (χ1) is 9.70. The summed E-state index contributed by atoms with van der Waals surface area (Å²) in [4.78, 5) is 4.79. The van der Waals surface area contributed by atoms with Gasteiger partial charge in [0.2, 0.25) is 0 Å². The van der Waals surface area contributed by atoms with Crippen LogP contribution in [0.15, 0.2) is 48.5 Å². The average molecular weight is 285 g/mol. The van der Waals surface area contributed by atoms with Crippen LogP contribution in [-0.2, 0) is 0 Å². The number of hydrogen-bond donors (Lipinski definition) is 0. The van der Waals surface area contributed by atoms with Gasteiger partial charge in [-0.1, -0.05) is 48.9 Å². The zero-order chi connectivity index (χ0) is 14.1. The van der Waals surface area contributed by atoms with Gasteiger partial charge in [0.1, 0.15) is 5.82 Å². The molecule has 1 aromatic heterocycles. The lowest BCUT2D eigenvalue weighted by Crippen LogP contribution is -2.05. The lowest BCUT2D eigenvalue weighted by atomic mass is 10.2. The van der Waals surface area contributed by atoms with Crippen LogP contribution in [0.2, 0.25) is 5.02 Å². The molecule has 3 heteroatoms. The molecule has 0 aliphatic carbocycles. The van der Waals surface area contributed by atoms with Crippen molar-refractivity contribution < 1.29 is 0 Å². The van der Waals surface area contributed by atoms with Crippen LogP contribution in [-0.4, -0.2) is 9.55 Å². The van der Waals surface area contributed by atoms with E-state index in [4.69, 9.17) is 16.6 Å². The maximum Gasteiger partial charge on any atom is 0.141 e. The molecular weight excluding hydrogens is 268 g/mol. The third-order valence-corrected chi connectivity index (χ3v) is 3.95. The first-order valence-electron chi connectivity index (χ1n) is 6.93. The fraction of sp³-hybridized carbons (Fsp3) is 0.235. The molecule has 1 unspecified atom stereocenters. The van der Waals surface area contributed by atoms with E-state index in [-0.39, 0.29) is 0 Å². The molecule has 0 bridgehead atoms. The molecule has 3 rings (SSSR count). The summed E-state index contributed by atoms with van der Waals surface area (Å²) in [6, 6.07) is 16.6. The van der Waals surface area contributed by atoms with Crippen molar-refractivity contribution in [1.82, 2.24) is 9.55 Å². The Morgan fingerprint density at radius 3 is 2.60 bits per heavy atom. The highest BCUT2D eigenvalue weighted by atomic mass is 35.5. The molecule has 3 aromatic rings. The number of hydrogen-bond acceptors (Lipinski definition) is 1. The van der Waals surface area contributed by atoms with E-state index in [2.05, 4.69) is 36.6 Å². The molecular formula is C17H17ClN2. The van der Waals surface area contributed by atoms with Gasteiger partial charge in [-0.3, -0.25) is 0 Å². The van der Waals surface area contributed by atoms with Crippen molar-refractivity contribution in [3.63, 3.8) is 0 Å². The molecule has 0 spiro atoms. The van der Waals surface area contributed by atoms with Crippen LogP contribution in [0.25, 0.3) is 22.4 Å². The molecule has 0 aliphatic rings. The van der Waals surface area contributed by atoms with Gasteiger partial charge in [0.25, 0.3) is 0 Å². The van der Waals surface area contributed by atoms with Crippen molar-refractivity contribution in [2.45, 2.75) is 26.3 Å². The number of benzene rings is 2. The molecule has 0 saturated carbocycles. The van der Waals surface area contributed by atoms with Crippen LogP contribution < -0.4 is 0 Å². The zero-order valence-corrected chi connectivity index (χ0v) is 12.4. The minimum Gasteiger partial charge on any atom is -0.321 e. The van der Waals surface area contributed by atoms with E-state index in [1.807, 2.05) is 30.3 Å². The Kier molecular flexibility index (Phi) is 3.49. The van der Waals surface area contributed by atoms with E-state index in [0.717, 1.165) is 33.9 Å². The van der Waals surface area contributed by atoms with E-state index in [1.54, 1.807) is 0 Å². The molecule has 1 heterocycles. The lowest BCUT2D eigenvalue weighted by molar-refractivity contribution is 0.550. The van der Waals surface area contributed by atoms with Crippen LogP contribution in [0.5, 0.6) is 0 Å². The molecule has 0 amide bonds. The zero-order valence-electron chi connectivity index (χ0n) is 11.7. The Labute approximate surface area is 124 Å². The largest absolute Gasteiger partial charge is 0.321 e. The third-order valence-electron chi connectivity index (χ3n) is 3.72. The van der Waals surface area contributed by atoms with E-state index >= 15 is 0 Å². The third kappa shape index (κ3) is 2.20. The van der Waals surface area contributed by atoms with Gasteiger partial charge in [-0.15, -0.1) is 0 Å². The summed E-state index contributed by atoms with van der Waals surface area (Å²) in [6.07, 6.45) is 1.06. The quantitative estimate of drug-likeness (QED) is 0.636. The first kappa shape index (κ1) is 13.2. The smallest absolute Gasteiger partial charge is 0.141 e. The van der Waals surface area contributed by atoms with Crippen molar-refractivity contribution in [2.75, 3.05) is 0 Å². The number of nitrogens with zero attached hydrogens (tertiary/aromatic N) is 2. The summed E-state index contributed by atoms with van der Waals surface area (Å²) in [5.41, 5.74) is 3.24. The molecule has 0 aliphatic heterocycles. The summed E-state index contributed by atoms with van der Waals surface area (Å²) in [6.45, 7) is 4.42. The minimum atomic E-state index is 0.399. The molecule has 0 radical (unpaired) electrons. The van der Waals surface area contributed by atoms with Gasteiger partial charge in [-0.2, -0.15) is 0 Å². The van der Waals surface area contributed by atoms with Crippen LogP contribution in [0, 0.1) is 0 Å². The fourth-order valence-electron chi connectivity index (χ4n) is 2.49. The van der Waals surface area contributed by atoms with Gasteiger partial charge >= 0.3 is 0 Å². The summed E-state index contributed by atoms with van der Waals surface area (Å²) >= 11 is 6.09. The molecule has 1 atom stereocenters. The highest BCUT2D eigenvalue weighted by molar-refractivity contribution is 6.31. The predicted molar refractivity (Wildman–Crippen MR) is 85.2 cm³/mol. The Morgan fingerprint density at radius 1 is 1.15 bits per heavy atom. The van der Waals surface area contributed by atoms with E-state index in [0.29, 0.717) is 6.04 Å². The Morgan fingerprint density at radius 2 is 1.90 bits per heavy atom. The maximum atomic E-state index is 6.09. The maximum absolute atomic E-state index is 6.09. The summed E-state index contributed by atoms with van der Waals surface area (Å²) in [5, 5.41) is 0.728. The second-order valence-electron chi connectivity index (χ2n) is 5.06. The number of rotatable bonds is 3. The minimum absolute atomic E-state index is 0.399.